The number of rotatable bonds is 7. The second-order valence-electron chi connectivity index (χ2n) is 6.00. The van der Waals surface area contributed by atoms with Gasteiger partial charge in [0, 0.05) is 6.04 Å². The maximum Gasteiger partial charge on any atom is 0.244 e. The zero-order valence-corrected chi connectivity index (χ0v) is 15.0. The molecule has 1 aromatic rings. The second kappa shape index (κ2) is 7.77. The maximum atomic E-state index is 13.1. The van der Waals surface area contributed by atoms with Crippen LogP contribution in [0.5, 0.6) is 0 Å². The minimum absolute atomic E-state index is 0.0776. The number of amides is 1. The first kappa shape index (κ1) is 19.4. The van der Waals surface area contributed by atoms with Gasteiger partial charge in [0.15, 0.2) is 0 Å². The second-order valence-corrected chi connectivity index (χ2v) is 7.86. The van der Waals surface area contributed by atoms with Crippen molar-refractivity contribution in [2.24, 2.45) is 5.92 Å². The Labute approximate surface area is 137 Å². The predicted molar refractivity (Wildman–Crippen MR) is 90.2 cm³/mol. The maximum absolute atomic E-state index is 13.1. The molecule has 1 N–H and O–H groups in total. The molecule has 0 bridgehead atoms. The fraction of sp³-hybridized carbons (Fsp3) is 0.562. The Kier molecular flexibility index (Phi) is 6.56. The molecular weight excluding hydrogens is 319 g/mol. The zero-order valence-electron chi connectivity index (χ0n) is 14.2. The van der Waals surface area contributed by atoms with E-state index < -0.39 is 21.9 Å². The molecule has 23 heavy (non-hydrogen) atoms. The number of carbonyl (C=O) groups is 1. The molecule has 2 unspecified atom stereocenters. The number of benzene rings is 1. The van der Waals surface area contributed by atoms with Crippen LogP contribution < -0.4 is 9.62 Å². The first-order chi connectivity index (χ1) is 10.6. The molecule has 2 atom stereocenters. The molecule has 5 nitrogen and oxygen atoms in total. The number of sulfonamides is 1. The van der Waals surface area contributed by atoms with Gasteiger partial charge < -0.3 is 5.32 Å². The standard InChI is InChI=1S/C16H25FN2O3S/c1-6-15(16(20)18-12(4)11(2)3)19(23(5,21)22)14-9-7-13(17)8-10-14/h7-12,15H,6H2,1-5H3,(H,18,20). The van der Waals surface area contributed by atoms with E-state index in [1.165, 1.54) is 24.3 Å². The minimum atomic E-state index is -3.69. The van der Waals surface area contributed by atoms with Gasteiger partial charge in [0.25, 0.3) is 0 Å². The smallest absolute Gasteiger partial charge is 0.244 e. The van der Waals surface area contributed by atoms with E-state index in [-0.39, 0.29) is 23.6 Å². The van der Waals surface area contributed by atoms with E-state index in [1.54, 1.807) is 6.92 Å². The van der Waals surface area contributed by atoms with Crippen LogP contribution in [0, 0.1) is 11.7 Å². The van der Waals surface area contributed by atoms with E-state index in [0.29, 0.717) is 6.42 Å². The van der Waals surface area contributed by atoms with Gasteiger partial charge in [-0.15, -0.1) is 0 Å². The summed E-state index contributed by atoms with van der Waals surface area (Å²) in [5, 5.41) is 2.84. The Balaban J connectivity index is 3.18. The molecule has 0 aliphatic rings. The highest BCUT2D eigenvalue weighted by Crippen LogP contribution is 2.23. The molecule has 1 amide bonds. The molecule has 0 spiro atoms. The van der Waals surface area contributed by atoms with Gasteiger partial charge in [0.2, 0.25) is 15.9 Å². The van der Waals surface area contributed by atoms with Crippen LogP contribution in [0.3, 0.4) is 0 Å². The van der Waals surface area contributed by atoms with Crippen molar-refractivity contribution < 1.29 is 17.6 Å². The molecule has 0 heterocycles. The highest BCUT2D eigenvalue weighted by molar-refractivity contribution is 7.92. The third kappa shape index (κ3) is 5.20. The van der Waals surface area contributed by atoms with Crippen molar-refractivity contribution in [3.63, 3.8) is 0 Å². The molecule has 0 aliphatic heterocycles. The van der Waals surface area contributed by atoms with Crippen molar-refractivity contribution in [1.82, 2.24) is 5.32 Å². The Morgan fingerprint density at radius 1 is 1.22 bits per heavy atom. The molecule has 0 saturated carbocycles. The molecule has 0 saturated heterocycles. The highest BCUT2D eigenvalue weighted by Gasteiger charge is 2.32. The lowest BCUT2D eigenvalue weighted by atomic mass is 10.1. The van der Waals surface area contributed by atoms with Crippen LogP contribution in [0.4, 0.5) is 10.1 Å². The van der Waals surface area contributed by atoms with E-state index in [0.717, 1.165) is 10.6 Å². The highest BCUT2D eigenvalue weighted by atomic mass is 32.2. The van der Waals surface area contributed by atoms with Gasteiger partial charge >= 0.3 is 0 Å². The molecule has 130 valence electrons. The number of carbonyl (C=O) groups excluding carboxylic acids is 1. The molecule has 0 aliphatic carbocycles. The summed E-state index contributed by atoms with van der Waals surface area (Å²) in [7, 11) is -3.69. The van der Waals surface area contributed by atoms with Crippen molar-refractivity contribution in [2.75, 3.05) is 10.6 Å². The van der Waals surface area contributed by atoms with E-state index in [2.05, 4.69) is 5.32 Å². The van der Waals surface area contributed by atoms with E-state index >= 15 is 0 Å². The Morgan fingerprint density at radius 2 is 1.74 bits per heavy atom. The first-order valence-corrected chi connectivity index (χ1v) is 9.48. The summed E-state index contributed by atoms with van der Waals surface area (Å²) in [5.41, 5.74) is 0.271. The van der Waals surface area contributed by atoms with Gasteiger partial charge in [-0.2, -0.15) is 0 Å². The molecule has 0 radical (unpaired) electrons. The van der Waals surface area contributed by atoms with Gasteiger partial charge in [-0.05, 0) is 43.5 Å². The van der Waals surface area contributed by atoms with Gasteiger partial charge in [0.1, 0.15) is 11.9 Å². The summed E-state index contributed by atoms with van der Waals surface area (Å²) in [6.07, 6.45) is 1.35. The van der Waals surface area contributed by atoms with Gasteiger partial charge in [0.05, 0.1) is 11.9 Å². The lowest BCUT2D eigenvalue weighted by Crippen LogP contribution is -2.51. The number of hydrogen-bond donors (Lipinski definition) is 1. The van der Waals surface area contributed by atoms with Crippen LogP contribution in [-0.2, 0) is 14.8 Å². The van der Waals surface area contributed by atoms with Crippen LogP contribution in [0.2, 0.25) is 0 Å². The monoisotopic (exact) mass is 344 g/mol. The summed E-state index contributed by atoms with van der Waals surface area (Å²) >= 11 is 0. The summed E-state index contributed by atoms with van der Waals surface area (Å²) in [6, 6.07) is 4.11. The molecule has 1 rings (SSSR count). The van der Waals surface area contributed by atoms with Crippen LogP contribution in [0.25, 0.3) is 0 Å². The quantitative estimate of drug-likeness (QED) is 0.826. The Hall–Kier alpha value is -1.63. The van der Waals surface area contributed by atoms with E-state index in [4.69, 9.17) is 0 Å². The summed E-state index contributed by atoms with van der Waals surface area (Å²) in [5.74, 6) is -0.592. The lowest BCUT2D eigenvalue weighted by Gasteiger charge is -2.31. The largest absolute Gasteiger partial charge is 0.352 e. The molecule has 7 heteroatoms. The Bertz CT molecular complexity index is 629. The molecule has 0 fully saturated rings. The average molecular weight is 344 g/mol. The predicted octanol–water partition coefficient (Wildman–Crippen LogP) is 2.53. The van der Waals surface area contributed by atoms with Crippen molar-refractivity contribution in [3.8, 4) is 0 Å². The fourth-order valence-corrected chi connectivity index (χ4v) is 3.35. The molecular formula is C16H25FN2O3S. The van der Waals surface area contributed by atoms with Crippen molar-refractivity contribution >= 4 is 21.6 Å². The summed E-state index contributed by atoms with van der Waals surface area (Å²) in [4.78, 5) is 12.5. The number of nitrogens with one attached hydrogen (secondary N) is 1. The van der Waals surface area contributed by atoms with Gasteiger partial charge in [-0.25, -0.2) is 12.8 Å². The van der Waals surface area contributed by atoms with Crippen LogP contribution >= 0.6 is 0 Å². The van der Waals surface area contributed by atoms with E-state index in [1.807, 2.05) is 20.8 Å². The summed E-state index contributed by atoms with van der Waals surface area (Å²) < 4.78 is 38.5. The average Bonchev–Trinajstić information content (AvgIpc) is 2.44. The lowest BCUT2D eigenvalue weighted by molar-refractivity contribution is -0.123. The van der Waals surface area contributed by atoms with Crippen molar-refractivity contribution in [3.05, 3.63) is 30.1 Å². The van der Waals surface area contributed by atoms with Crippen LogP contribution in [0.15, 0.2) is 24.3 Å². The van der Waals surface area contributed by atoms with Crippen molar-refractivity contribution in [1.29, 1.82) is 0 Å². The third-order valence-electron chi connectivity index (χ3n) is 3.78. The molecule has 1 aromatic carbocycles. The number of anilines is 1. The SMILES string of the molecule is CCC(C(=O)NC(C)C(C)C)N(c1ccc(F)cc1)S(C)(=O)=O. The first-order valence-electron chi connectivity index (χ1n) is 7.63. The number of nitrogens with zero attached hydrogens (tertiary/aromatic N) is 1. The van der Waals surface area contributed by atoms with Crippen LogP contribution in [0.1, 0.15) is 34.1 Å². The third-order valence-corrected chi connectivity index (χ3v) is 4.96. The topological polar surface area (TPSA) is 66.5 Å². The van der Waals surface area contributed by atoms with Gasteiger partial charge in [-0.3, -0.25) is 9.10 Å². The zero-order chi connectivity index (χ0) is 17.8. The minimum Gasteiger partial charge on any atom is -0.352 e. The summed E-state index contributed by atoms with van der Waals surface area (Å²) in [6.45, 7) is 7.56. The number of hydrogen-bond acceptors (Lipinski definition) is 3. The van der Waals surface area contributed by atoms with E-state index in [9.17, 15) is 17.6 Å². The van der Waals surface area contributed by atoms with Crippen molar-refractivity contribution in [2.45, 2.75) is 46.2 Å². The normalized spacial score (nSPS) is 14.4. The fourth-order valence-electron chi connectivity index (χ4n) is 2.14. The van der Waals surface area contributed by atoms with Gasteiger partial charge in [-0.1, -0.05) is 20.8 Å². The Morgan fingerprint density at radius 3 is 2.13 bits per heavy atom. The number of halogens is 1. The van der Waals surface area contributed by atoms with Crippen LogP contribution in [-0.4, -0.2) is 32.7 Å². The molecule has 0 aromatic heterocycles.